The highest BCUT2D eigenvalue weighted by Crippen LogP contribution is 2.22. The number of nitrogens with one attached hydrogen (secondary N) is 1. The Bertz CT molecular complexity index is 925. The molecule has 3 aromatic rings. The van der Waals surface area contributed by atoms with Crippen LogP contribution in [0.4, 0.5) is 24.7 Å². The monoisotopic (exact) mass is 378 g/mol. The van der Waals surface area contributed by atoms with Gasteiger partial charge in [0.05, 0.1) is 18.1 Å². The minimum atomic E-state index is -4.36. The van der Waals surface area contributed by atoms with Crippen molar-refractivity contribution < 1.29 is 18.0 Å². The first-order chi connectivity index (χ1) is 12.9. The van der Waals surface area contributed by atoms with Crippen molar-refractivity contribution in [2.75, 3.05) is 23.3 Å². The fourth-order valence-electron chi connectivity index (χ4n) is 2.59. The van der Waals surface area contributed by atoms with Crippen molar-refractivity contribution in [2.24, 2.45) is 0 Å². The number of halogens is 3. The van der Waals surface area contributed by atoms with Gasteiger partial charge in [-0.3, -0.25) is 9.78 Å². The zero-order valence-electron chi connectivity index (χ0n) is 14.4. The normalized spacial score (nSPS) is 11.6. The van der Waals surface area contributed by atoms with Gasteiger partial charge in [-0.05, 0) is 24.6 Å². The summed E-state index contributed by atoms with van der Waals surface area (Å²) in [5.74, 6) is -0.335. The van der Waals surface area contributed by atoms with Crippen LogP contribution in [-0.4, -0.2) is 44.8 Å². The molecule has 0 fully saturated rings. The van der Waals surface area contributed by atoms with E-state index in [-0.39, 0.29) is 23.6 Å². The van der Waals surface area contributed by atoms with Gasteiger partial charge in [0.15, 0.2) is 5.65 Å². The number of hydrogen-bond donors (Lipinski definition) is 1. The van der Waals surface area contributed by atoms with Gasteiger partial charge in [0.1, 0.15) is 17.9 Å². The van der Waals surface area contributed by atoms with Crippen molar-refractivity contribution in [3.05, 3.63) is 48.5 Å². The lowest BCUT2D eigenvalue weighted by Crippen LogP contribution is -2.35. The lowest BCUT2D eigenvalue weighted by molar-refractivity contribution is -0.119. The maximum absolute atomic E-state index is 12.9. The molecule has 3 rings (SSSR count). The number of rotatable bonds is 6. The van der Waals surface area contributed by atoms with Crippen LogP contribution >= 0.6 is 0 Å². The van der Waals surface area contributed by atoms with Crippen LogP contribution in [0.5, 0.6) is 0 Å². The van der Waals surface area contributed by atoms with Gasteiger partial charge in [0, 0.05) is 18.9 Å². The van der Waals surface area contributed by atoms with E-state index in [9.17, 15) is 18.0 Å². The van der Waals surface area contributed by atoms with E-state index in [0.29, 0.717) is 12.1 Å². The third-order valence-corrected chi connectivity index (χ3v) is 3.71. The standard InChI is InChI=1S/C17H17F3N6O/c1-2-7-25(11-17(18,19)20)14-5-8-26-15(24-14)13(10-22-26)16(27)23-12-4-3-6-21-9-12/h3-6,8-10H,2,7,11H2,1H3,(H,23,27). The summed E-state index contributed by atoms with van der Waals surface area (Å²) in [4.78, 5) is 21.8. The fraction of sp³-hybridized carbons (Fsp3) is 0.294. The van der Waals surface area contributed by atoms with Gasteiger partial charge < -0.3 is 10.2 Å². The number of nitrogens with zero attached hydrogens (tertiary/aromatic N) is 5. The molecule has 7 nitrogen and oxygen atoms in total. The Morgan fingerprint density at radius 2 is 2.11 bits per heavy atom. The maximum Gasteiger partial charge on any atom is 0.405 e. The molecule has 0 unspecified atom stereocenters. The lowest BCUT2D eigenvalue weighted by atomic mass is 10.3. The molecule has 0 saturated carbocycles. The second-order valence-electron chi connectivity index (χ2n) is 5.84. The summed E-state index contributed by atoms with van der Waals surface area (Å²) in [6.45, 7) is 0.858. The molecular weight excluding hydrogens is 361 g/mol. The number of amides is 1. The zero-order valence-corrected chi connectivity index (χ0v) is 14.4. The number of pyridine rings is 1. The fourth-order valence-corrected chi connectivity index (χ4v) is 2.59. The Balaban J connectivity index is 1.92. The molecule has 1 N–H and O–H groups in total. The van der Waals surface area contributed by atoms with E-state index < -0.39 is 18.6 Å². The van der Waals surface area contributed by atoms with Crippen LogP contribution in [-0.2, 0) is 0 Å². The first-order valence-electron chi connectivity index (χ1n) is 8.25. The van der Waals surface area contributed by atoms with Crippen LogP contribution in [0.25, 0.3) is 5.65 Å². The summed E-state index contributed by atoms with van der Waals surface area (Å²) in [6, 6.07) is 4.79. The summed E-state index contributed by atoms with van der Waals surface area (Å²) in [6.07, 6.45) is 2.03. The third kappa shape index (κ3) is 4.52. The van der Waals surface area contributed by atoms with E-state index in [1.165, 1.54) is 29.2 Å². The largest absolute Gasteiger partial charge is 0.405 e. The second-order valence-corrected chi connectivity index (χ2v) is 5.84. The predicted molar refractivity (Wildman–Crippen MR) is 93.7 cm³/mol. The minimum Gasteiger partial charge on any atom is -0.347 e. The van der Waals surface area contributed by atoms with Gasteiger partial charge >= 0.3 is 6.18 Å². The molecule has 0 aliphatic heterocycles. The Morgan fingerprint density at radius 1 is 1.30 bits per heavy atom. The Labute approximate surface area is 152 Å². The number of carbonyl (C=O) groups excluding carboxylic acids is 1. The van der Waals surface area contributed by atoms with Gasteiger partial charge in [-0.25, -0.2) is 9.50 Å². The SMILES string of the molecule is CCCN(CC(F)(F)F)c1ccn2ncc(C(=O)Nc3cccnc3)c2n1. The Morgan fingerprint density at radius 3 is 2.78 bits per heavy atom. The molecule has 3 heterocycles. The molecule has 1 amide bonds. The lowest BCUT2D eigenvalue weighted by Gasteiger charge is -2.24. The van der Waals surface area contributed by atoms with Gasteiger partial charge in [-0.15, -0.1) is 0 Å². The van der Waals surface area contributed by atoms with Crippen LogP contribution in [0.2, 0.25) is 0 Å². The molecule has 0 saturated heterocycles. The van der Waals surface area contributed by atoms with Gasteiger partial charge in [0.25, 0.3) is 5.91 Å². The molecule has 27 heavy (non-hydrogen) atoms. The summed E-state index contributed by atoms with van der Waals surface area (Å²) in [5.41, 5.74) is 0.823. The molecule has 0 aromatic carbocycles. The van der Waals surface area contributed by atoms with E-state index in [1.54, 1.807) is 25.3 Å². The average Bonchev–Trinajstić information content (AvgIpc) is 3.04. The number of alkyl halides is 3. The topological polar surface area (TPSA) is 75.4 Å². The summed E-state index contributed by atoms with van der Waals surface area (Å²) >= 11 is 0. The van der Waals surface area contributed by atoms with Gasteiger partial charge in [-0.2, -0.15) is 18.3 Å². The van der Waals surface area contributed by atoms with Crippen LogP contribution in [0.3, 0.4) is 0 Å². The summed E-state index contributed by atoms with van der Waals surface area (Å²) in [7, 11) is 0. The highest BCUT2D eigenvalue weighted by Gasteiger charge is 2.31. The molecule has 0 radical (unpaired) electrons. The molecule has 10 heteroatoms. The van der Waals surface area contributed by atoms with Crippen LogP contribution in [0.1, 0.15) is 23.7 Å². The van der Waals surface area contributed by atoms with Crippen molar-refractivity contribution in [3.8, 4) is 0 Å². The maximum atomic E-state index is 12.9. The molecule has 0 bridgehead atoms. The molecule has 142 valence electrons. The number of carbonyl (C=O) groups is 1. The summed E-state index contributed by atoms with van der Waals surface area (Å²) < 4.78 is 39.9. The van der Waals surface area contributed by atoms with E-state index in [2.05, 4.69) is 20.4 Å². The number of fused-ring (bicyclic) bond motifs is 1. The Hall–Kier alpha value is -3.17. The summed E-state index contributed by atoms with van der Waals surface area (Å²) in [5, 5.41) is 6.70. The van der Waals surface area contributed by atoms with E-state index in [1.807, 2.05) is 0 Å². The van der Waals surface area contributed by atoms with Crippen LogP contribution in [0.15, 0.2) is 43.0 Å². The van der Waals surface area contributed by atoms with Crippen molar-refractivity contribution >= 4 is 23.1 Å². The number of anilines is 2. The second kappa shape index (κ2) is 7.60. The van der Waals surface area contributed by atoms with Crippen LogP contribution < -0.4 is 10.2 Å². The molecular formula is C17H17F3N6O. The quantitative estimate of drug-likeness (QED) is 0.713. The van der Waals surface area contributed by atoms with E-state index in [4.69, 9.17) is 0 Å². The van der Waals surface area contributed by atoms with Crippen molar-refractivity contribution in [2.45, 2.75) is 19.5 Å². The van der Waals surface area contributed by atoms with E-state index in [0.717, 1.165) is 4.90 Å². The highest BCUT2D eigenvalue weighted by molar-refractivity contribution is 6.08. The average molecular weight is 378 g/mol. The third-order valence-electron chi connectivity index (χ3n) is 3.71. The number of aromatic nitrogens is 4. The van der Waals surface area contributed by atoms with Crippen molar-refractivity contribution in [1.29, 1.82) is 0 Å². The molecule has 0 aliphatic rings. The molecule has 0 spiro atoms. The first-order valence-corrected chi connectivity index (χ1v) is 8.25. The van der Waals surface area contributed by atoms with Crippen LogP contribution in [0, 0.1) is 0 Å². The smallest absolute Gasteiger partial charge is 0.347 e. The predicted octanol–water partition coefficient (Wildman–Crippen LogP) is 3.16. The van der Waals surface area contributed by atoms with Gasteiger partial charge in [-0.1, -0.05) is 6.92 Å². The molecule has 0 aliphatic carbocycles. The van der Waals surface area contributed by atoms with Crippen molar-refractivity contribution in [1.82, 2.24) is 19.6 Å². The molecule has 0 atom stereocenters. The first kappa shape index (κ1) is 18.6. The molecule has 3 aromatic heterocycles. The Kier molecular flexibility index (Phi) is 5.24. The van der Waals surface area contributed by atoms with Gasteiger partial charge in [0.2, 0.25) is 0 Å². The highest BCUT2D eigenvalue weighted by atomic mass is 19.4. The van der Waals surface area contributed by atoms with E-state index >= 15 is 0 Å². The van der Waals surface area contributed by atoms with Crippen molar-refractivity contribution in [3.63, 3.8) is 0 Å². The number of hydrogen-bond acceptors (Lipinski definition) is 5. The minimum absolute atomic E-state index is 0.137. The zero-order chi connectivity index (χ0) is 19.4.